The van der Waals surface area contributed by atoms with E-state index in [-0.39, 0.29) is 5.78 Å². The number of methoxy groups -OCH3 is 1. The molecule has 0 fully saturated rings. The number of aliphatic imine (C=N–C) groups is 1. The van der Waals surface area contributed by atoms with Crippen LogP contribution in [-0.4, -0.2) is 24.3 Å². The minimum absolute atomic E-state index is 0.0148. The largest absolute Gasteiger partial charge is 0.386 e. The van der Waals surface area contributed by atoms with Gasteiger partial charge in [-0.25, -0.2) is 4.99 Å². The first kappa shape index (κ1) is 15.9. The van der Waals surface area contributed by atoms with E-state index in [1.807, 2.05) is 38.1 Å². The maximum atomic E-state index is 13.4. The summed E-state index contributed by atoms with van der Waals surface area (Å²) in [5.41, 5.74) is 7.98. The van der Waals surface area contributed by atoms with Crippen LogP contribution >= 0.6 is 0 Å². The molecule has 1 aromatic rings. The average Bonchev–Trinajstić information content (AvgIpc) is 2.74. The van der Waals surface area contributed by atoms with Crippen LogP contribution in [0.25, 0.3) is 5.70 Å². The summed E-state index contributed by atoms with van der Waals surface area (Å²) in [6.07, 6.45) is 0.613. The number of benzene rings is 1. The van der Waals surface area contributed by atoms with Gasteiger partial charge in [-0.1, -0.05) is 38.1 Å². The van der Waals surface area contributed by atoms with Crippen molar-refractivity contribution in [1.29, 1.82) is 0 Å². The molecule has 0 bridgehead atoms. The predicted molar refractivity (Wildman–Crippen MR) is 92.3 cm³/mol. The summed E-state index contributed by atoms with van der Waals surface area (Å²) in [6, 6.07) is 7.60. The number of Topliss-reactive ketones (excluding diaryl/α,β-unsaturated/α-hetero) is 1. The first-order valence-corrected chi connectivity index (χ1v) is 8.05. The number of ketones is 1. The summed E-state index contributed by atoms with van der Waals surface area (Å²) in [4.78, 5) is 18.0. The van der Waals surface area contributed by atoms with Gasteiger partial charge in [0.2, 0.25) is 0 Å². The van der Waals surface area contributed by atoms with E-state index >= 15 is 0 Å². The minimum atomic E-state index is -0.994. The highest BCUT2D eigenvalue weighted by Gasteiger charge is 2.56. The van der Waals surface area contributed by atoms with E-state index in [1.165, 1.54) is 0 Å². The highest BCUT2D eigenvalue weighted by molar-refractivity contribution is 6.16. The lowest BCUT2D eigenvalue weighted by Crippen LogP contribution is -2.51. The van der Waals surface area contributed by atoms with E-state index in [0.29, 0.717) is 23.7 Å². The molecule has 0 aromatic heterocycles. The first-order chi connectivity index (χ1) is 10.8. The number of ether oxygens (including phenoxy) is 1. The molecule has 1 aliphatic carbocycles. The molecule has 4 heteroatoms. The molecule has 2 aliphatic rings. The van der Waals surface area contributed by atoms with Crippen molar-refractivity contribution in [3.63, 3.8) is 0 Å². The Kier molecular flexibility index (Phi) is 3.49. The molecule has 23 heavy (non-hydrogen) atoms. The molecule has 0 radical (unpaired) electrons. The van der Waals surface area contributed by atoms with E-state index in [9.17, 15) is 4.79 Å². The number of amidine groups is 1. The van der Waals surface area contributed by atoms with E-state index in [1.54, 1.807) is 7.11 Å². The van der Waals surface area contributed by atoms with Gasteiger partial charge in [0.25, 0.3) is 0 Å². The molecule has 0 saturated heterocycles. The van der Waals surface area contributed by atoms with E-state index in [0.717, 1.165) is 16.8 Å². The second-order valence-electron chi connectivity index (χ2n) is 7.35. The van der Waals surface area contributed by atoms with Gasteiger partial charge in [-0.05, 0) is 26.2 Å². The Morgan fingerprint density at radius 3 is 2.39 bits per heavy atom. The molecule has 1 heterocycles. The average molecular weight is 312 g/mol. The van der Waals surface area contributed by atoms with Crippen molar-refractivity contribution < 1.29 is 9.53 Å². The maximum absolute atomic E-state index is 13.4. The normalized spacial score (nSPS) is 25.5. The molecule has 4 nitrogen and oxygen atoms in total. The lowest BCUT2D eigenvalue weighted by atomic mass is 9.65. The smallest absolute Gasteiger partial charge is 0.199 e. The van der Waals surface area contributed by atoms with Crippen LogP contribution in [0.2, 0.25) is 0 Å². The second-order valence-corrected chi connectivity index (χ2v) is 7.35. The van der Waals surface area contributed by atoms with Gasteiger partial charge in [0.15, 0.2) is 11.4 Å². The lowest BCUT2D eigenvalue weighted by molar-refractivity contribution is 0.00500. The third-order valence-corrected chi connectivity index (χ3v) is 4.98. The Labute approximate surface area is 137 Å². The van der Waals surface area contributed by atoms with Crippen LogP contribution in [0.1, 0.15) is 50.0 Å². The third kappa shape index (κ3) is 2.01. The number of carbonyl (C=O) groups excluding carboxylic acids is 1. The van der Waals surface area contributed by atoms with Crippen molar-refractivity contribution in [1.82, 2.24) is 0 Å². The predicted octanol–water partition coefficient (Wildman–Crippen LogP) is 3.42. The van der Waals surface area contributed by atoms with Crippen molar-refractivity contribution in [2.24, 2.45) is 22.1 Å². The fraction of sp³-hybridized carbons (Fsp3) is 0.474. The maximum Gasteiger partial charge on any atom is 0.199 e. The molecular formula is C19H24N2O2. The van der Waals surface area contributed by atoms with Crippen molar-refractivity contribution in [2.45, 2.75) is 39.7 Å². The number of carbonyl (C=O) groups is 1. The third-order valence-electron chi connectivity index (χ3n) is 4.98. The van der Waals surface area contributed by atoms with Gasteiger partial charge in [-0.3, -0.25) is 4.79 Å². The van der Waals surface area contributed by atoms with Crippen LogP contribution in [0.5, 0.6) is 0 Å². The van der Waals surface area contributed by atoms with Crippen LogP contribution in [-0.2, 0) is 4.74 Å². The summed E-state index contributed by atoms with van der Waals surface area (Å²) in [7, 11) is 1.61. The summed E-state index contributed by atoms with van der Waals surface area (Å²) >= 11 is 0. The highest BCUT2D eigenvalue weighted by Crippen LogP contribution is 2.53. The van der Waals surface area contributed by atoms with Crippen molar-refractivity contribution >= 4 is 17.3 Å². The zero-order valence-electron chi connectivity index (χ0n) is 14.4. The van der Waals surface area contributed by atoms with Gasteiger partial charge in [-0.15, -0.1) is 0 Å². The van der Waals surface area contributed by atoms with Crippen molar-refractivity contribution in [3.05, 3.63) is 41.0 Å². The van der Waals surface area contributed by atoms with Gasteiger partial charge in [0.05, 0.1) is 5.70 Å². The number of nitrogens with two attached hydrogens (primary N) is 1. The Hall–Kier alpha value is -1.94. The van der Waals surface area contributed by atoms with Crippen LogP contribution in [0.4, 0.5) is 0 Å². The fourth-order valence-corrected chi connectivity index (χ4v) is 3.90. The number of nitrogens with zero attached hydrogens (tertiary/aromatic N) is 1. The molecule has 1 aliphatic heterocycles. The molecule has 0 amide bonds. The zero-order chi connectivity index (χ0) is 17.0. The van der Waals surface area contributed by atoms with Crippen LogP contribution in [0.3, 0.4) is 0 Å². The second kappa shape index (κ2) is 5.03. The molecule has 1 atom stereocenters. The van der Waals surface area contributed by atoms with Gasteiger partial charge in [-0.2, -0.15) is 0 Å². The van der Waals surface area contributed by atoms with E-state index < -0.39 is 11.0 Å². The molecule has 122 valence electrons. The molecule has 1 aromatic carbocycles. The SMILES string of the molecule is COC1(CC(C)C)C(=O)c2ccccc2C2=C1C(C)(C)C(N)=N2. The molecule has 3 rings (SSSR count). The summed E-state index contributed by atoms with van der Waals surface area (Å²) in [6.45, 7) is 8.23. The fourth-order valence-electron chi connectivity index (χ4n) is 3.90. The van der Waals surface area contributed by atoms with Crippen LogP contribution in [0, 0.1) is 11.3 Å². The minimum Gasteiger partial charge on any atom is -0.386 e. The first-order valence-electron chi connectivity index (χ1n) is 8.05. The number of hydrogen-bond donors (Lipinski definition) is 1. The Morgan fingerprint density at radius 2 is 1.83 bits per heavy atom. The molecule has 2 N–H and O–H groups in total. The summed E-state index contributed by atoms with van der Waals surface area (Å²) in [5.74, 6) is 0.855. The molecule has 1 unspecified atom stereocenters. The number of fused-ring (bicyclic) bond motifs is 2. The van der Waals surface area contributed by atoms with Crippen molar-refractivity contribution in [3.8, 4) is 0 Å². The lowest BCUT2D eigenvalue weighted by Gasteiger charge is -2.42. The Balaban J connectivity index is 2.36. The Bertz CT molecular complexity index is 743. The number of hydrogen-bond acceptors (Lipinski definition) is 4. The van der Waals surface area contributed by atoms with Gasteiger partial charge < -0.3 is 10.5 Å². The van der Waals surface area contributed by atoms with Crippen molar-refractivity contribution in [2.75, 3.05) is 7.11 Å². The molecular weight excluding hydrogens is 288 g/mol. The Morgan fingerprint density at radius 1 is 1.22 bits per heavy atom. The number of rotatable bonds is 3. The van der Waals surface area contributed by atoms with Gasteiger partial charge in [0.1, 0.15) is 5.84 Å². The van der Waals surface area contributed by atoms with Gasteiger partial charge in [0, 0.05) is 29.2 Å². The molecule has 0 saturated carbocycles. The van der Waals surface area contributed by atoms with Crippen LogP contribution in [0.15, 0.2) is 34.8 Å². The summed E-state index contributed by atoms with van der Waals surface area (Å²) < 4.78 is 5.92. The van der Waals surface area contributed by atoms with Crippen LogP contribution < -0.4 is 5.73 Å². The molecule has 0 spiro atoms. The van der Waals surface area contributed by atoms with Gasteiger partial charge >= 0.3 is 0 Å². The van der Waals surface area contributed by atoms with E-state index in [4.69, 9.17) is 10.5 Å². The van der Waals surface area contributed by atoms with E-state index in [2.05, 4.69) is 18.8 Å². The monoisotopic (exact) mass is 312 g/mol. The highest BCUT2D eigenvalue weighted by atomic mass is 16.5. The quantitative estimate of drug-likeness (QED) is 0.930. The summed E-state index contributed by atoms with van der Waals surface area (Å²) in [5, 5.41) is 0. The topological polar surface area (TPSA) is 64.7 Å². The zero-order valence-corrected chi connectivity index (χ0v) is 14.4. The standard InChI is InChI=1S/C19H24N2O2/c1-11(2)10-19(23-5)15-14(21-17(20)18(15,3)4)12-8-6-7-9-13(12)16(19)22/h6-9,11H,10H2,1-5H3,(H2,20,21).